The zero-order valence-electron chi connectivity index (χ0n) is 27.3. The molecule has 2 rings (SSSR count). The third-order valence-electron chi connectivity index (χ3n) is 7.87. The molecule has 0 radical (unpaired) electrons. The number of carbonyl (C=O) groups is 4. The molecule has 0 bridgehead atoms. The molecule has 0 saturated carbocycles. The summed E-state index contributed by atoms with van der Waals surface area (Å²) in [6.07, 6.45) is 0.694. The van der Waals surface area contributed by atoms with Crippen LogP contribution in [0.1, 0.15) is 108 Å². The smallest absolute Gasteiger partial charge is 0.457 e. The molecule has 2 aliphatic rings. The van der Waals surface area contributed by atoms with Crippen LogP contribution in [0.15, 0.2) is 0 Å². The number of likely N-dealkylation sites (tertiary alicyclic amines) is 1. The molecule has 2 saturated heterocycles. The number of carboxylic acids is 1. The number of hydrogen-bond acceptors (Lipinski definition) is 8. The van der Waals surface area contributed by atoms with Crippen LogP contribution in [-0.4, -0.2) is 87.8 Å². The van der Waals surface area contributed by atoms with Gasteiger partial charge >= 0.3 is 25.3 Å². The van der Waals surface area contributed by atoms with E-state index in [0.29, 0.717) is 25.6 Å². The maximum Gasteiger partial charge on any atom is 0.457 e. The zero-order chi connectivity index (χ0) is 32.3. The molecule has 240 valence electrons. The van der Waals surface area contributed by atoms with Crippen molar-refractivity contribution >= 4 is 31.2 Å². The maximum absolute atomic E-state index is 13.2. The van der Waals surface area contributed by atoms with Gasteiger partial charge in [0, 0.05) is 19.0 Å². The van der Waals surface area contributed by atoms with Gasteiger partial charge in [0.25, 0.3) is 0 Å². The molecule has 0 spiro atoms. The minimum atomic E-state index is -1.60. The van der Waals surface area contributed by atoms with Gasteiger partial charge in [0.05, 0.1) is 11.2 Å². The average molecular weight is 598 g/mol. The first-order chi connectivity index (χ1) is 19.0. The number of carboxylic acid groups (broad SMARTS) is 1. The topological polar surface area (TPSA) is 153 Å². The predicted octanol–water partition coefficient (Wildman–Crippen LogP) is 4.50. The number of piperidine rings is 1. The van der Waals surface area contributed by atoms with Crippen molar-refractivity contribution in [3.8, 4) is 0 Å². The molecule has 3 amide bonds. The van der Waals surface area contributed by atoms with Crippen LogP contribution >= 0.6 is 0 Å². The van der Waals surface area contributed by atoms with Crippen molar-refractivity contribution in [2.24, 2.45) is 0 Å². The second-order valence-corrected chi connectivity index (χ2v) is 14.5. The van der Waals surface area contributed by atoms with Crippen LogP contribution in [0.5, 0.6) is 0 Å². The summed E-state index contributed by atoms with van der Waals surface area (Å²) in [5.41, 5.74) is -4.06. The largest absolute Gasteiger partial charge is 0.479 e. The van der Waals surface area contributed by atoms with Gasteiger partial charge in [0.1, 0.15) is 22.8 Å². The van der Waals surface area contributed by atoms with Crippen molar-refractivity contribution in [3.05, 3.63) is 0 Å². The minimum absolute atomic E-state index is 0.0109. The lowest BCUT2D eigenvalue weighted by Gasteiger charge is -2.47. The average Bonchev–Trinajstić information content (AvgIpc) is 2.99. The van der Waals surface area contributed by atoms with E-state index in [2.05, 4.69) is 10.6 Å². The number of alkyl carbamates (subject to hydrolysis) is 1. The molecule has 0 aromatic heterocycles. The van der Waals surface area contributed by atoms with E-state index in [1.54, 1.807) is 41.5 Å². The van der Waals surface area contributed by atoms with Gasteiger partial charge in [-0.2, -0.15) is 0 Å². The summed E-state index contributed by atoms with van der Waals surface area (Å²) in [4.78, 5) is 52.6. The first kappa shape index (κ1) is 35.7. The Morgan fingerprint density at radius 3 is 2.02 bits per heavy atom. The Morgan fingerprint density at radius 2 is 1.52 bits per heavy atom. The van der Waals surface area contributed by atoms with E-state index in [9.17, 15) is 24.3 Å². The fraction of sp³-hybridized carbons (Fsp3) is 0.862. The molecule has 0 unspecified atom stereocenters. The number of nitrogens with zero attached hydrogens (tertiary/aromatic N) is 1. The Hall–Kier alpha value is -2.54. The number of nitrogens with one attached hydrogen (secondary N) is 2. The van der Waals surface area contributed by atoms with Crippen LogP contribution in [0, 0.1) is 0 Å². The second kappa shape index (κ2) is 13.0. The van der Waals surface area contributed by atoms with Crippen molar-refractivity contribution in [1.29, 1.82) is 0 Å². The molecule has 2 fully saturated rings. The summed E-state index contributed by atoms with van der Waals surface area (Å²) >= 11 is 0. The lowest BCUT2D eigenvalue weighted by atomic mass is 9.77. The van der Waals surface area contributed by atoms with Gasteiger partial charge in [-0.15, -0.1) is 0 Å². The number of amides is 3. The Kier molecular flexibility index (Phi) is 11.0. The number of hydrogen-bond donors (Lipinski definition) is 3. The third kappa shape index (κ3) is 9.49. The summed E-state index contributed by atoms with van der Waals surface area (Å²) < 4.78 is 23.0. The minimum Gasteiger partial charge on any atom is -0.479 e. The fourth-order valence-corrected chi connectivity index (χ4v) is 5.06. The van der Waals surface area contributed by atoms with Gasteiger partial charge in [-0.05, 0) is 95.3 Å². The van der Waals surface area contributed by atoms with E-state index in [4.69, 9.17) is 18.8 Å². The van der Waals surface area contributed by atoms with Gasteiger partial charge in [0.15, 0.2) is 0 Å². The monoisotopic (exact) mass is 597 g/mol. The van der Waals surface area contributed by atoms with E-state index in [0.717, 1.165) is 0 Å². The number of ether oxygens (including phenoxy) is 2. The van der Waals surface area contributed by atoms with E-state index in [-0.39, 0.29) is 19.4 Å². The molecule has 13 heteroatoms. The SMILES string of the molecule is C[C@H](NC(=O)OC(C)(C)C)C(=O)N[C@H]1CCN(C(=O)OC(C)(C)C)[C@@](CCCCB2OC(C)(C)C(C)(C)O2)(C(=O)O)C1. The molecule has 0 aromatic carbocycles. The second-order valence-electron chi connectivity index (χ2n) is 14.5. The third-order valence-corrected chi connectivity index (χ3v) is 7.87. The molecular formula is C29H52BN3O9. The van der Waals surface area contributed by atoms with Crippen LogP contribution in [0.3, 0.4) is 0 Å². The lowest BCUT2D eigenvalue weighted by Crippen LogP contribution is -2.65. The van der Waals surface area contributed by atoms with Crippen molar-refractivity contribution in [2.75, 3.05) is 6.54 Å². The highest BCUT2D eigenvalue weighted by molar-refractivity contribution is 6.45. The highest BCUT2D eigenvalue weighted by atomic mass is 16.7. The molecule has 2 heterocycles. The number of carbonyl (C=O) groups excluding carboxylic acids is 3. The van der Waals surface area contributed by atoms with Gasteiger partial charge in [-0.1, -0.05) is 12.8 Å². The van der Waals surface area contributed by atoms with Crippen LogP contribution < -0.4 is 10.6 Å². The summed E-state index contributed by atoms with van der Waals surface area (Å²) in [7, 11) is -0.407. The molecule has 12 nitrogen and oxygen atoms in total. The Bertz CT molecular complexity index is 989. The van der Waals surface area contributed by atoms with Gasteiger partial charge in [-0.25, -0.2) is 14.4 Å². The van der Waals surface area contributed by atoms with Gasteiger partial charge in [-0.3, -0.25) is 9.69 Å². The molecule has 3 N–H and O–H groups in total. The maximum atomic E-state index is 13.2. The molecule has 0 aromatic rings. The van der Waals surface area contributed by atoms with Crippen molar-refractivity contribution in [2.45, 2.75) is 155 Å². The Morgan fingerprint density at radius 1 is 0.976 bits per heavy atom. The summed E-state index contributed by atoms with van der Waals surface area (Å²) in [5.74, 6) is -1.64. The number of aliphatic carboxylic acids is 1. The summed E-state index contributed by atoms with van der Waals surface area (Å²) in [6, 6.07) is -1.46. The van der Waals surface area contributed by atoms with Crippen LogP contribution in [-0.2, 0) is 28.4 Å². The van der Waals surface area contributed by atoms with Gasteiger partial charge in [0.2, 0.25) is 5.91 Å². The standard InChI is InChI=1S/C29H52BN3O9/c1-19(31-23(37)39-25(2,3)4)21(34)32-20-14-17-33(24(38)40-26(5,6)7)29(18-20,22(35)36)15-12-13-16-30-41-27(8,9)28(10,11)42-30/h19-20H,12-18H2,1-11H3,(H,31,37)(H,32,34)(H,35,36)/t19-,20-,29+/m0/s1. The lowest BCUT2D eigenvalue weighted by molar-refractivity contribution is -0.155. The van der Waals surface area contributed by atoms with Crippen molar-refractivity contribution < 1.29 is 43.1 Å². The Balaban J connectivity index is 2.15. The van der Waals surface area contributed by atoms with Crippen molar-refractivity contribution in [3.63, 3.8) is 0 Å². The first-order valence-electron chi connectivity index (χ1n) is 14.9. The fourth-order valence-electron chi connectivity index (χ4n) is 5.06. The molecule has 42 heavy (non-hydrogen) atoms. The van der Waals surface area contributed by atoms with E-state index in [1.807, 2.05) is 27.7 Å². The predicted molar refractivity (Wildman–Crippen MR) is 158 cm³/mol. The highest BCUT2D eigenvalue weighted by Gasteiger charge is 2.53. The van der Waals surface area contributed by atoms with Crippen molar-refractivity contribution in [1.82, 2.24) is 15.5 Å². The van der Waals surface area contributed by atoms with Crippen LogP contribution in [0.4, 0.5) is 9.59 Å². The van der Waals surface area contributed by atoms with E-state index >= 15 is 0 Å². The summed E-state index contributed by atoms with van der Waals surface area (Å²) in [5, 5.41) is 15.9. The highest BCUT2D eigenvalue weighted by Crippen LogP contribution is 2.39. The summed E-state index contributed by atoms with van der Waals surface area (Å²) in [6.45, 7) is 19.8. The Labute approximate surface area is 251 Å². The molecule has 3 atom stereocenters. The number of unbranched alkanes of at least 4 members (excludes halogenated alkanes) is 1. The van der Waals surface area contributed by atoms with E-state index in [1.165, 1.54) is 11.8 Å². The molecule has 2 aliphatic heterocycles. The normalized spacial score (nSPS) is 24.5. The molecular weight excluding hydrogens is 545 g/mol. The van der Waals surface area contributed by atoms with Crippen LogP contribution in [0.25, 0.3) is 0 Å². The quantitative estimate of drug-likeness (QED) is 0.258. The van der Waals surface area contributed by atoms with E-state index < -0.39 is 71.2 Å². The molecule has 0 aliphatic carbocycles. The number of rotatable bonds is 9. The van der Waals surface area contributed by atoms with Crippen LogP contribution in [0.2, 0.25) is 6.32 Å². The zero-order valence-corrected chi connectivity index (χ0v) is 27.3. The first-order valence-corrected chi connectivity index (χ1v) is 14.9. The van der Waals surface area contributed by atoms with Gasteiger partial charge < -0.3 is 34.5 Å².